The number of thioether (sulfide) groups is 1. The highest BCUT2D eigenvalue weighted by Crippen LogP contribution is 2.30. The molecule has 3 aromatic carbocycles. The molecule has 1 saturated heterocycles. The number of rotatable bonds is 7. The van der Waals surface area contributed by atoms with Gasteiger partial charge in [-0.3, -0.25) is 0 Å². The van der Waals surface area contributed by atoms with Crippen LogP contribution < -0.4 is 15.4 Å². The van der Waals surface area contributed by atoms with Crippen molar-refractivity contribution in [1.29, 1.82) is 0 Å². The Morgan fingerprint density at radius 2 is 1.66 bits per heavy atom. The molecule has 4 rings (SSSR count). The van der Waals surface area contributed by atoms with Gasteiger partial charge in [0.25, 0.3) is 0 Å². The van der Waals surface area contributed by atoms with E-state index in [1.54, 1.807) is 24.3 Å². The van der Waals surface area contributed by atoms with E-state index in [4.69, 9.17) is 5.73 Å². The summed E-state index contributed by atoms with van der Waals surface area (Å²) in [5.74, 6) is -0.904. The molecule has 0 unspecified atom stereocenters. The highest BCUT2D eigenvalue weighted by atomic mass is 32.2. The van der Waals surface area contributed by atoms with Gasteiger partial charge in [0.2, 0.25) is 0 Å². The zero-order valence-electron chi connectivity index (χ0n) is 19.4. The number of amidine groups is 2. The first-order valence-electron chi connectivity index (χ1n) is 11.0. The Morgan fingerprint density at radius 1 is 0.974 bits per heavy atom. The third-order valence-electron chi connectivity index (χ3n) is 5.01. The van der Waals surface area contributed by atoms with E-state index < -0.39 is 18.0 Å². The van der Waals surface area contributed by atoms with Crippen molar-refractivity contribution in [2.75, 3.05) is 17.2 Å². The number of ether oxygens (including phenoxy) is 1. The number of anilines is 1. The van der Waals surface area contributed by atoms with E-state index in [1.807, 2.05) is 0 Å². The number of aliphatic imine (C=N–C) groups is 2. The molecule has 2 N–H and O–H groups in total. The highest BCUT2D eigenvalue weighted by Gasteiger charge is 2.31. The molecule has 38 heavy (non-hydrogen) atoms. The van der Waals surface area contributed by atoms with Crippen LogP contribution in [0.4, 0.5) is 33.3 Å². The Hall–Kier alpha value is -4.26. The van der Waals surface area contributed by atoms with Gasteiger partial charge in [0.1, 0.15) is 35.2 Å². The summed E-state index contributed by atoms with van der Waals surface area (Å²) in [7, 11) is 0. The second-order valence-electron chi connectivity index (χ2n) is 7.62. The predicted molar refractivity (Wildman–Crippen MR) is 140 cm³/mol. The quantitative estimate of drug-likeness (QED) is 0.174. The average Bonchev–Trinajstić information content (AvgIpc) is 3.32. The maximum atomic E-state index is 14.1. The Bertz CT molecular complexity index is 1370. The van der Waals surface area contributed by atoms with E-state index in [-0.39, 0.29) is 17.3 Å². The summed E-state index contributed by atoms with van der Waals surface area (Å²) in [6.07, 6.45) is -2.09. The van der Waals surface area contributed by atoms with Crippen LogP contribution in [-0.2, 0) is 0 Å². The molecule has 0 amide bonds. The molecular formula is C25H19F5N6OS. The van der Waals surface area contributed by atoms with Crippen LogP contribution in [0.25, 0.3) is 0 Å². The minimum Gasteiger partial charge on any atom is -0.406 e. The summed E-state index contributed by atoms with van der Waals surface area (Å²) in [5, 5.41) is 8.55. The maximum absolute atomic E-state index is 14.1. The third kappa shape index (κ3) is 7.16. The van der Waals surface area contributed by atoms with E-state index in [0.29, 0.717) is 34.3 Å². The molecule has 0 saturated carbocycles. The lowest BCUT2D eigenvalue weighted by Crippen LogP contribution is -2.25. The minimum absolute atomic E-state index is 0.151. The van der Waals surface area contributed by atoms with Crippen molar-refractivity contribution in [3.8, 4) is 5.75 Å². The van der Waals surface area contributed by atoms with Crippen LogP contribution in [0.3, 0.4) is 0 Å². The van der Waals surface area contributed by atoms with Gasteiger partial charge < -0.3 is 15.4 Å². The number of alkyl halides is 3. The number of hydrogen-bond acceptors (Lipinski definition) is 5. The van der Waals surface area contributed by atoms with Gasteiger partial charge in [-0.1, -0.05) is 42.1 Å². The molecule has 0 bridgehead atoms. The van der Waals surface area contributed by atoms with Crippen molar-refractivity contribution < 1.29 is 26.7 Å². The van der Waals surface area contributed by atoms with Crippen molar-refractivity contribution >= 4 is 46.7 Å². The fourth-order valence-electron chi connectivity index (χ4n) is 3.29. The van der Waals surface area contributed by atoms with E-state index in [2.05, 4.69) is 24.9 Å². The second kappa shape index (κ2) is 11.9. The van der Waals surface area contributed by atoms with Gasteiger partial charge in [0.05, 0.1) is 11.9 Å². The van der Waals surface area contributed by atoms with E-state index >= 15 is 0 Å². The summed E-state index contributed by atoms with van der Waals surface area (Å²) in [5.41, 5.74) is 7.48. The fourth-order valence-corrected chi connectivity index (χ4v) is 4.19. The van der Waals surface area contributed by atoms with E-state index in [9.17, 15) is 22.0 Å². The topological polar surface area (TPSA) is 87.9 Å². The molecule has 3 aromatic rings. The Balaban J connectivity index is 1.37. The van der Waals surface area contributed by atoms with Gasteiger partial charge in [-0.05, 0) is 42.0 Å². The molecule has 0 aromatic heterocycles. The van der Waals surface area contributed by atoms with Crippen LogP contribution >= 0.6 is 11.8 Å². The summed E-state index contributed by atoms with van der Waals surface area (Å²) in [6, 6.07) is 15.5. The normalized spacial score (nSPS) is 15.8. The molecule has 0 aliphatic carbocycles. The Morgan fingerprint density at radius 3 is 2.32 bits per heavy atom. The molecule has 0 radical (unpaired) electrons. The first-order valence-corrected chi connectivity index (χ1v) is 12.0. The maximum Gasteiger partial charge on any atom is 0.573 e. The Labute approximate surface area is 218 Å². The highest BCUT2D eigenvalue weighted by molar-refractivity contribution is 8.14. The molecular weight excluding hydrogens is 527 g/mol. The molecule has 7 nitrogen and oxygen atoms in total. The first-order chi connectivity index (χ1) is 18.2. The lowest BCUT2D eigenvalue weighted by Gasteiger charge is -2.18. The minimum atomic E-state index is -4.77. The van der Waals surface area contributed by atoms with Gasteiger partial charge >= 0.3 is 6.36 Å². The monoisotopic (exact) mass is 546 g/mol. The molecule has 1 heterocycles. The van der Waals surface area contributed by atoms with E-state index in [0.717, 1.165) is 12.1 Å². The summed E-state index contributed by atoms with van der Waals surface area (Å²) in [4.78, 5) is 9.52. The Kier molecular flexibility index (Phi) is 8.36. The largest absolute Gasteiger partial charge is 0.573 e. The van der Waals surface area contributed by atoms with Crippen LogP contribution in [-0.4, -0.2) is 42.2 Å². The molecule has 1 aliphatic rings. The van der Waals surface area contributed by atoms with Crippen LogP contribution in [0.1, 0.15) is 11.1 Å². The number of hydrogen-bond donors (Lipinski definition) is 1. The molecule has 0 atom stereocenters. The van der Waals surface area contributed by atoms with Crippen LogP contribution in [0.2, 0.25) is 0 Å². The van der Waals surface area contributed by atoms with Gasteiger partial charge in [-0.25, -0.2) is 18.8 Å². The lowest BCUT2D eigenvalue weighted by atomic mass is 10.1. The average molecular weight is 547 g/mol. The van der Waals surface area contributed by atoms with Gasteiger partial charge in [-0.2, -0.15) is 5.10 Å². The fraction of sp³-hybridized carbons (Fsp3) is 0.120. The zero-order chi connectivity index (χ0) is 27.1. The first kappa shape index (κ1) is 26.8. The summed E-state index contributed by atoms with van der Waals surface area (Å²) >= 11 is 1.35. The molecule has 0 spiro atoms. The zero-order valence-corrected chi connectivity index (χ0v) is 20.3. The van der Waals surface area contributed by atoms with Crippen molar-refractivity contribution in [1.82, 2.24) is 0 Å². The smallest absolute Gasteiger partial charge is 0.406 e. The number of nitrogens with zero attached hydrogens (tertiary/aromatic N) is 5. The lowest BCUT2D eigenvalue weighted by molar-refractivity contribution is -0.274. The van der Waals surface area contributed by atoms with Crippen LogP contribution in [0.15, 0.2) is 86.9 Å². The van der Waals surface area contributed by atoms with Crippen molar-refractivity contribution in [3.63, 3.8) is 0 Å². The molecule has 1 aliphatic heterocycles. The predicted octanol–water partition coefficient (Wildman–Crippen LogP) is 5.87. The van der Waals surface area contributed by atoms with Gasteiger partial charge in [0.15, 0.2) is 5.17 Å². The van der Waals surface area contributed by atoms with Crippen LogP contribution in [0, 0.1) is 11.6 Å². The number of halogens is 5. The third-order valence-corrected chi connectivity index (χ3v) is 5.96. The van der Waals surface area contributed by atoms with Crippen molar-refractivity contribution in [2.45, 2.75) is 6.36 Å². The number of para-hydroxylation sites is 1. The van der Waals surface area contributed by atoms with E-state index in [1.165, 1.54) is 59.5 Å². The number of nitrogens with two attached hydrogens (primary N) is 1. The summed E-state index contributed by atoms with van der Waals surface area (Å²) in [6.45, 7) is 0.408. The SMILES string of the molecule is NC(=NC=Nc1ccc(OC(F)(F)F)cc1)c1ccc(/C=N/N=C2\SCCN2c2c(F)cccc2F)cc1. The van der Waals surface area contributed by atoms with Crippen LogP contribution in [0.5, 0.6) is 5.75 Å². The van der Waals surface area contributed by atoms with Gasteiger partial charge in [0, 0.05) is 17.9 Å². The molecule has 196 valence electrons. The van der Waals surface area contributed by atoms with Crippen molar-refractivity contribution in [3.05, 3.63) is 89.5 Å². The standard InChI is InChI=1S/C25H19F5N6OS/c26-20-2-1-3-21(27)22(20)36-12-13-38-24(36)35-34-14-16-4-6-17(7-5-16)23(31)33-15-32-18-8-10-19(11-9-18)37-25(28,29)30/h1-11,14-15H,12-13H2,(H2,31,32,33)/b34-14+,35-24-. The second-order valence-corrected chi connectivity index (χ2v) is 8.68. The van der Waals surface area contributed by atoms with Gasteiger partial charge in [-0.15, -0.1) is 18.3 Å². The molecule has 13 heteroatoms. The van der Waals surface area contributed by atoms with Crippen molar-refractivity contribution in [2.24, 2.45) is 25.9 Å². The number of benzene rings is 3. The molecule has 1 fully saturated rings. The summed E-state index contributed by atoms with van der Waals surface area (Å²) < 4.78 is 68.7.